The average molecular weight is 371 g/mol. The van der Waals surface area contributed by atoms with Crippen LogP contribution in [0.4, 0.5) is 0 Å². The third-order valence-electron chi connectivity index (χ3n) is 4.34. The summed E-state index contributed by atoms with van der Waals surface area (Å²) in [4.78, 5) is 12.6. The van der Waals surface area contributed by atoms with E-state index in [1.54, 1.807) is 23.0 Å². The minimum Gasteiger partial charge on any atom is -0.346 e. The number of fused-ring (bicyclic) bond motifs is 1. The van der Waals surface area contributed by atoms with E-state index in [0.29, 0.717) is 17.1 Å². The van der Waals surface area contributed by atoms with Crippen molar-refractivity contribution in [3.8, 4) is 5.69 Å². The lowest BCUT2D eigenvalue weighted by Crippen LogP contribution is -2.23. The number of halogens is 1. The Bertz CT molecular complexity index is 894. The molecule has 26 heavy (non-hydrogen) atoms. The number of carbonyl (C=O) groups excluding carboxylic acids is 1. The van der Waals surface area contributed by atoms with Crippen molar-refractivity contribution in [2.45, 2.75) is 26.1 Å². The summed E-state index contributed by atoms with van der Waals surface area (Å²) in [7, 11) is 0. The van der Waals surface area contributed by atoms with Crippen LogP contribution in [0.1, 0.15) is 28.2 Å². The lowest BCUT2D eigenvalue weighted by molar-refractivity contribution is 0.0950. The van der Waals surface area contributed by atoms with Crippen LogP contribution in [-0.2, 0) is 19.6 Å². The van der Waals surface area contributed by atoms with Gasteiger partial charge in [0.05, 0.1) is 34.2 Å². The van der Waals surface area contributed by atoms with Gasteiger partial charge in [0.25, 0.3) is 5.91 Å². The number of nitrogens with one attached hydrogen (secondary N) is 2. The second-order valence-electron chi connectivity index (χ2n) is 6.18. The maximum atomic E-state index is 12.6. The molecule has 0 saturated heterocycles. The molecule has 4 rings (SSSR count). The number of rotatable bonds is 4. The molecular formula is C18H19ClN6O. The van der Waals surface area contributed by atoms with Crippen LogP contribution < -0.4 is 10.6 Å². The first kappa shape index (κ1) is 16.8. The molecule has 7 nitrogen and oxygen atoms in total. The first-order chi connectivity index (χ1) is 12.7. The molecular weight excluding hydrogens is 352 g/mol. The van der Waals surface area contributed by atoms with E-state index in [1.165, 1.54) is 0 Å². The van der Waals surface area contributed by atoms with Gasteiger partial charge in [-0.1, -0.05) is 11.6 Å². The highest BCUT2D eigenvalue weighted by Gasteiger charge is 2.14. The van der Waals surface area contributed by atoms with Gasteiger partial charge in [-0.25, -0.2) is 4.68 Å². The predicted octanol–water partition coefficient (Wildman–Crippen LogP) is 2.15. The molecule has 3 heterocycles. The van der Waals surface area contributed by atoms with Crippen molar-refractivity contribution in [1.82, 2.24) is 30.2 Å². The van der Waals surface area contributed by atoms with Gasteiger partial charge in [0.2, 0.25) is 0 Å². The molecule has 1 aromatic carbocycles. The van der Waals surface area contributed by atoms with Crippen LogP contribution in [-0.4, -0.2) is 32.0 Å². The number of hydrogen-bond acceptors (Lipinski definition) is 4. The molecule has 1 aliphatic rings. The Morgan fingerprint density at radius 2 is 2.27 bits per heavy atom. The molecule has 0 saturated carbocycles. The van der Waals surface area contributed by atoms with Gasteiger partial charge in [-0.2, -0.15) is 10.2 Å². The second-order valence-corrected chi connectivity index (χ2v) is 6.59. The fourth-order valence-corrected chi connectivity index (χ4v) is 3.23. The maximum Gasteiger partial charge on any atom is 0.253 e. The average Bonchev–Trinajstić information content (AvgIpc) is 3.26. The van der Waals surface area contributed by atoms with E-state index in [-0.39, 0.29) is 5.91 Å². The first-order valence-corrected chi connectivity index (χ1v) is 8.92. The number of hydrogen-bond donors (Lipinski definition) is 2. The Morgan fingerprint density at radius 1 is 1.35 bits per heavy atom. The van der Waals surface area contributed by atoms with E-state index in [9.17, 15) is 4.79 Å². The number of aryl methyl sites for hydroxylation is 1. The highest BCUT2D eigenvalue weighted by Crippen LogP contribution is 2.20. The fraction of sp³-hybridized carbons (Fsp3) is 0.278. The summed E-state index contributed by atoms with van der Waals surface area (Å²) in [5.41, 5.74) is 3.19. The molecule has 0 atom stereocenters. The van der Waals surface area contributed by atoms with Gasteiger partial charge >= 0.3 is 0 Å². The van der Waals surface area contributed by atoms with E-state index >= 15 is 0 Å². The fourth-order valence-electron chi connectivity index (χ4n) is 3.02. The molecule has 1 aliphatic heterocycles. The van der Waals surface area contributed by atoms with Crippen molar-refractivity contribution >= 4 is 17.5 Å². The van der Waals surface area contributed by atoms with Gasteiger partial charge in [-0.3, -0.25) is 9.48 Å². The van der Waals surface area contributed by atoms with Gasteiger partial charge in [-0.15, -0.1) is 0 Å². The third kappa shape index (κ3) is 3.49. The van der Waals surface area contributed by atoms with E-state index in [2.05, 4.69) is 20.8 Å². The Kier molecular flexibility index (Phi) is 4.73. The van der Waals surface area contributed by atoms with E-state index in [4.69, 9.17) is 11.6 Å². The molecule has 0 unspecified atom stereocenters. The Labute approximate surface area is 156 Å². The van der Waals surface area contributed by atoms with Crippen LogP contribution in [0.3, 0.4) is 0 Å². The normalized spacial score (nSPS) is 13.9. The van der Waals surface area contributed by atoms with Gasteiger partial charge in [0, 0.05) is 25.5 Å². The molecule has 2 aromatic heterocycles. The van der Waals surface area contributed by atoms with Gasteiger partial charge < -0.3 is 10.6 Å². The standard InChI is InChI=1S/C18H19ClN6O/c19-17-4-3-14(24-7-2-6-22-24)10-16(17)18(26)21-11-13-9-15-12-20-5-1-8-25(15)23-13/h2-4,6-7,9-10,20H,1,5,8,11-12H2,(H,21,26). The molecule has 1 amide bonds. The Hall–Kier alpha value is -2.64. The summed E-state index contributed by atoms with van der Waals surface area (Å²) in [5, 5.41) is 15.4. The van der Waals surface area contributed by atoms with Crippen LogP contribution in [0.5, 0.6) is 0 Å². The summed E-state index contributed by atoms with van der Waals surface area (Å²) < 4.78 is 3.69. The summed E-state index contributed by atoms with van der Waals surface area (Å²) >= 11 is 6.22. The van der Waals surface area contributed by atoms with Crippen molar-refractivity contribution in [3.05, 3.63) is 64.7 Å². The van der Waals surface area contributed by atoms with Crippen LogP contribution in [0.25, 0.3) is 5.69 Å². The van der Waals surface area contributed by atoms with Crippen LogP contribution >= 0.6 is 11.6 Å². The number of carbonyl (C=O) groups is 1. The predicted molar refractivity (Wildman–Crippen MR) is 98.3 cm³/mol. The van der Waals surface area contributed by atoms with Gasteiger partial charge in [0.15, 0.2) is 0 Å². The molecule has 3 aromatic rings. The molecule has 0 spiro atoms. The zero-order chi connectivity index (χ0) is 17.9. The lowest BCUT2D eigenvalue weighted by atomic mass is 10.2. The van der Waals surface area contributed by atoms with Crippen molar-refractivity contribution in [2.75, 3.05) is 6.54 Å². The highest BCUT2D eigenvalue weighted by atomic mass is 35.5. The second kappa shape index (κ2) is 7.31. The summed E-state index contributed by atoms with van der Waals surface area (Å²) in [6, 6.07) is 9.12. The van der Waals surface area contributed by atoms with E-state index < -0.39 is 0 Å². The molecule has 8 heteroatoms. The lowest BCUT2D eigenvalue weighted by Gasteiger charge is -2.08. The van der Waals surface area contributed by atoms with Crippen molar-refractivity contribution in [3.63, 3.8) is 0 Å². The number of nitrogens with zero attached hydrogens (tertiary/aromatic N) is 4. The van der Waals surface area contributed by atoms with Crippen molar-refractivity contribution in [1.29, 1.82) is 0 Å². The summed E-state index contributed by atoms with van der Waals surface area (Å²) in [5.74, 6) is -0.231. The summed E-state index contributed by atoms with van der Waals surface area (Å²) in [6.45, 7) is 3.06. The van der Waals surface area contributed by atoms with Crippen molar-refractivity contribution < 1.29 is 4.79 Å². The Morgan fingerprint density at radius 3 is 3.12 bits per heavy atom. The molecule has 2 N–H and O–H groups in total. The summed E-state index contributed by atoms with van der Waals surface area (Å²) in [6.07, 6.45) is 4.55. The largest absolute Gasteiger partial charge is 0.346 e. The van der Waals surface area contributed by atoms with Crippen LogP contribution in [0.2, 0.25) is 5.02 Å². The van der Waals surface area contributed by atoms with E-state index in [1.807, 2.05) is 29.1 Å². The zero-order valence-corrected chi connectivity index (χ0v) is 14.9. The number of benzene rings is 1. The molecule has 0 aliphatic carbocycles. The maximum absolute atomic E-state index is 12.6. The Balaban J connectivity index is 1.47. The highest BCUT2D eigenvalue weighted by molar-refractivity contribution is 6.33. The number of amides is 1. The SMILES string of the molecule is O=C(NCc1cc2n(n1)CCCNC2)c1cc(-n2cccn2)ccc1Cl. The van der Waals surface area contributed by atoms with Crippen LogP contribution in [0.15, 0.2) is 42.7 Å². The molecule has 134 valence electrons. The van der Waals surface area contributed by atoms with Gasteiger partial charge in [-0.05, 0) is 43.3 Å². The smallest absolute Gasteiger partial charge is 0.253 e. The third-order valence-corrected chi connectivity index (χ3v) is 4.67. The monoisotopic (exact) mass is 370 g/mol. The minimum atomic E-state index is -0.231. The van der Waals surface area contributed by atoms with Gasteiger partial charge in [0.1, 0.15) is 0 Å². The van der Waals surface area contributed by atoms with E-state index in [0.717, 1.165) is 43.1 Å². The molecule has 0 radical (unpaired) electrons. The zero-order valence-electron chi connectivity index (χ0n) is 14.2. The van der Waals surface area contributed by atoms with Crippen LogP contribution in [0, 0.1) is 0 Å². The first-order valence-electron chi connectivity index (χ1n) is 8.55. The topological polar surface area (TPSA) is 76.8 Å². The number of aromatic nitrogens is 4. The molecule has 0 bridgehead atoms. The quantitative estimate of drug-likeness (QED) is 0.737. The minimum absolute atomic E-state index is 0.231. The van der Waals surface area contributed by atoms with Crippen molar-refractivity contribution in [2.24, 2.45) is 0 Å². The molecule has 0 fully saturated rings.